The topological polar surface area (TPSA) is 58.2 Å². The Labute approximate surface area is 92.9 Å². The molecule has 1 saturated carbocycles. The Bertz CT molecular complexity index is 277. The molecule has 0 saturated heterocycles. The van der Waals surface area contributed by atoms with Crippen molar-refractivity contribution in [1.82, 2.24) is 10.0 Å². The van der Waals surface area contributed by atoms with Crippen molar-refractivity contribution >= 4 is 10.0 Å². The zero-order valence-corrected chi connectivity index (χ0v) is 10.4. The fourth-order valence-electron chi connectivity index (χ4n) is 1.98. The lowest BCUT2D eigenvalue weighted by Gasteiger charge is -2.12. The highest BCUT2D eigenvalue weighted by atomic mass is 32.2. The van der Waals surface area contributed by atoms with Gasteiger partial charge in [-0.15, -0.1) is 0 Å². The quantitative estimate of drug-likeness (QED) is 0.665. The van der Waals surface area contributed by atoms with Gasteiger partial charge in [-0.2, -0.15) is 0 Å². The van der Waals surface area contributed by atoms with Crippen LogP contribution < -0.4 is 10.0 Å². The van der Waals surface area contributed by atoms with Crippen LogP contribution in [0.1, 0.15) is 33.1 Å². The summed E-state index contributed by atoms with van der Waals surface area (Å²) in [5, 5.41) is 3.38. The SMILES string of the molecule is CCS(=O)(=O)NCCNC1CCC(C)C1. The van der Waals surface area contributed by atoms with Gasteiger partial charge in [-0.3, -0.25) is 0 Å². The van der Waals surface area contributed by atoms with E-state index in [1.54, 1.807) is 6.92 Å². The van der Waals surface area contributed by atoms with E-state index in [4.69, 9.17) is 0 Å². The van der Waals surface area contributed by atoms with Crippen molar-refractivity contribution < 1.29 is 8.42 Å². The second kappa shape index (κ2) is 5.82. The van der Waals surface area contributed by atoms with Gasteiger partial charge in [0.25, 0.3) is 0 Å². The van der Waals surface area contributed by atoms with Gasteiger partial charge in [0.15, 0.2) is 0 Å². The van der Waals surface area contributed by atoms with Crippen molar-refractivity contribution in [3.05, 3.63) is 0 Å². The van der Waals surface area contributed by atoms with E-state index in [0.717, 1.165) is 12.5 Å². The first kappa shape index (κ1) is 12.9. The first-order chi connectivity index (χ1) is 7.03. The minimum Gasteiger partial charge on any atom is -0.313 e. The molecule has 4 nitrogen and oxygen atoms in total. The molecule has 0 bridgehead atoms. The molecule has 5 heteroatoms. The predicted octanol–water partition coefficient (Wildman–Crippen LogP) is 0.704. The molecule has 0 aliphatic heterocycles. The molecular formula is C10H22N2O2S. The highest BCUT2D eigenvalue weighted by molar-refractivity contribution is 7.89. The molecule has 0 radical (unpaired) electrons. The van der Waals surface area contributed by atoms with E-state index in [2.05, 4.69) is 17.0 Å². The van der Waals surface area contributed by atoms with Crippen LogP contribution in [0.3, 0.4) is 0 Å². The molecule has 15 heavy (non-hydrogen) atoms. The third-order valence-electron chi connectivity index (χ3n) is 2.95. The van der Waals surface area contributed by atoms with E-state index in [1.165, 1.54) is 19.3 Å². The van der Waals surface area contributed by atoms with Crippen LogP contribution in [0.5, 0.6) is 0 Å². The molecule has 1 rings (SSSR count). The standard InChI is InChI=1S/C10H22N2O2S/c1-3-15(13,14)12-7-6-11-10-5-4-9(2)8-10/h9-12H,3-8H2,1-2H3. The molecule has 1 fully saturated rings. The molecule has 1 aliphatic carbocycles. The van der Waals surface area contributed by atoms with Crippen LogP contribution in [0.2, 0.25) is 0 Å². The second-order valence-corrected chi connectivity index (χ2v) is 6.46. The van der Waals surface area contributed by atoms with Crippen molar-refractivity contribution in [3.8, 4) is 0 Å². The van der Waals surface area contributed by atoms with Crippen LogP contribution in [0.25, 0.3) is 0 Å². The molecule has 0 aromatic carbocycles. The Hall–Kier alpha value is -0.130. The van der Waals surface area contributed by atoms with E-state index in [9.17, 15) is 8.42 Å². The Kier molecular flexibility index (Phi) is 5.02. The summed E-state index contributed by atoms with van der Waals surface area (Å²) in [6.45, 7) is 5.15. The molecule has 0 aromatic rings. The van der Waals surface area contributed by atoms with Gasteiger partial charge in [0, 0.05) is 19.1 Å². The Morgan fingerprint density at radius 2 is 2.00 bits per heavy atom. The van der Waals surface area contributed by atoms with Gasteiger partial charge < -0.3 is 5.32 Å². The van der Waals surface area contributed by atoms with Crippen LogP contribution in [-0.4, -0.2) is 33.3 Å². The molecule has 2 N–H and O–H groups in total. The van der Waals surface area contributed by atoms with Crippen molar-refractivity contribution in [3.63, 3.8) is 0 Å². The maximum atomic E-state index is 11.1. The predicted molar refractivity (Wildman–Crippen MR) is 62.3 cm³/mol. The van der Waals surface area contributed by atoms with E-state index in [1.807, 2.05) is 0 Å². The smallest absolute Gasteiger partial charge is 0.211 e. The summed E-state index contributed by atoms with van der Waals surface area (Å²) < 4.78 is 24.8. The third kappa shape index (κ3) is 4.95. The second-order valence-electron chi connectivity index (χ2n) is 4.37. The lowest BCUT2D eigenvalue weighted by atomic mass is 10.1. The van der Waals surface area contributed by atoms with E-state index in [0.29, 0.717) is 12.6 Å². The summed E-state index contributed by atoms with van der Waals surface area (Å²) in [4.78, 5) is 0. The maximum absolute atomic E-state index is 11.1. The Morgan fingerprint density at radius 1 is 1.27 bits per heavy atom. The van der Waals surface area contributed by atoms with Gasteiger partial charge in [-0.05, 0) is 32.1 Å². The van der Waals surface area contributed by atoms with Crippen LogP contribution in [0, 0.1) is 5.92 Å². The number of sulfonamides is 1. The van der Waals surface area contributed by atoms with E-state index < -0.39 is 10.0 Å². The lowest BCUT2D eigenvalue weighted by Crippen LogP contribution is -2.36. The highest BCUT2D eigenvalue weighted by Gasteiger charge is 2.20. The summed E-state index contributed by atoms with van der Waals surface area (Å²) in [5.41, 5.74) is 0. The van der Waals surface area contributed by atoms with Gasteiger partial charge >= 0.3 is 0 Å². The van der Waals surface area contributed by atoms with Gasteiger partial charge in [0.1, 0.15) is 0 Å². The summed E-state index contributed by atoms with van der Waals surface area (Å²) >= 11 is 0. The largest absolute Gasteiger partial charge is 0.313 e. The molecule has 2 atom stereocenters. The maximum Gasteiger partial charge on any atom is 0.211 e. The first-order valence-corrected chi connectivity index (χ1v) is 7.39. The normalized spacial score (nSPS) is 27.1. The monoisotopic (exact) mass is 234 g/mol. The van der Waals surface area contributed by atoms with Crippen molar-refractivity contribution in [1.29, 1.82) is 0 Å². The average Bonchev–Trinajstić information content (AvgIpc) is 2.59. The molecular weight excluding hydrogens is 212 g/mol. The van der Waals surface area contributed by atoms with Gasteiger partial charge in [0.2, 0.25) is 10.0 Å². The molecule has 2 unspecified atom stereocenters. The summed E-state index contributed by atoms with van der Waals surface area (Å²) in [7, 11) is -3.02. The molecule has 0 heterocycles. The Morgan fingerprint density at radius 3 is 2.53 bits per heavy atom. The van der Waals surface area contributed by atoms with Crippen molar-refractivity contribution in [2.45, 2.75) is 39.2 Å². The van der Waals surface area contributed by atoms with E-state index >= 15 is 0 Å². The molecule has 0 amide bonds. The van der Waals surface area contributed by atoms with E-state index in [-0.39, 0.29) is 5.75 Å². The van der Waals surface area contributed by atoms with Gasteiger partial charge in [-0.25, -0.2) is 13.1 Å². The molecule has 0 spiro atoms. The zero-order chi connectivity index (χ0) is 11.3. The van der Waals surface area contributed by atoms with Crippen molar-refractivity contribution in [2.75, 3.05) is 18.8 Å². The number of rotatable bonds is 6. The first-order valence-electron chi connectivity index (χ1n) is 5.74. The number of hydrogen-bond donors (Lipinski definition) is 2. The fourth-order valence-corrected chi connectivity index (χ4v) is 2.59. The molecule has 0 aromatic heterocycles. The summed E-state index contributed by atoms with van der Waals surface area (Å²) in [6, 6.07) is 0.589. The minimum absolute atomic E-state index is 0.160. The molecule has 1 aliphatic rings. The zero-order valence-electron chi connectivity index (χ0n) is 9.62. The average molecular weight is 234 g/mol. The lowest BCUT2D eigenvalue weighted by molar-refractivity contribution is 0.501. The minimum atomic E-state index is -3.02. The van der Waals surface area contributed by atoms with Crippen LogP contribution in [0.4, 0.5) is 0 Å². The number of nitrogens with one attached hydrogen (secondary N) is 2. The number of hydrogen-bond acceptors (Lipinski definition) is 3. The van der Waals surface area contributed by atoms with Crippen molar-refractivity contribution in [2.24, 2.45) is 5.92 Å². The summed E-state index contributed by atoms with van der Waals surface area (Å²) in [5.74, 6) is 0.975. The van der Waals surface area contributed by atoms with Gasteiger partial charge in [0.05, 0.1) is 5.75 Å². The highest BCUT2D eigenvalue weighted by Crippen LogP contribution is 2.24. The summed E-state index contributed by atoms with van der Waals surface area (Å²) in [6.07, 6.45) is 3.74. The molecule has 90 valence electrons. The fraction of sp³-hybridized carbons (Fsp3) is 1.00. The van der Waals surface area contributed by atoms with Crippen LogP contribution >= 0.6 is 0 Å². The third-order valence-corrected chi connectivity index (χ3v) is 4.36. The Balaban J connectivity index is 2.07. The van der Waals surface area contributed by atoms with Crippen LogP contribution in [-0.2, 0) is 10.0 Å². The van der Waals surface area contributed by atoms with Gasteiger partial charge in [-0.1, -0.05) is 6.92 Å². The van der Waals surface area contributed by atoms with Crippen LogP contribution in [0.15, 0.2) is 0 Å².